The number of aromatic amines is 1. The molecule has 1 N–H and O–H groups in total. The molecule has 0 bridgehead atoms. The van der Waals surface area contributed by atoms with Gasteiger partial charge in [0, 0.05) is 25.3 Å². The molecule has 82 valence electrons. The lowest BCUT2D eigenvalue weighted by molar-refractivity contribution is 0.0651. The Bertz CT molecular complexity index is 367. The quantitative estimate of drug-likeness (QED) is 0.800. The molecular weight excluding hydrogens is 192 g/mol. The molecule has 1 saturated carbocycles. The summed E-state index contributed by atoms with van der Waals surface area (Å²) in [6, 6.07) is 1.45. The van der Waals surface area contributed by atoms with E-state index in [1.54, 1.807) is 13.3 Å². The minimum Gasteiger partial charge on any atom is -0.381 e. The molecule has 1 aliphatic carbocycles. The molecule has 1 aromatic heterocycles. The van der Waals surface area contributed by atoms with Crippen LogP contribution < -0.4 is 5.56 Å². The summed E-state index contributed by atoms with van der Waals surface area (Å²) >= 11 is 0. The lowest BCUT2D eigenvalue weighted by Crippen LogP contribution is -2.22. The molecular formula is C11H16N2O2. The van der Waals surface area contributed by atoms with Crippen LogP contribution in [0.5, 0.6) is 0 Å². The van der Waals surface area contributed by atoms with Crippen molar-refractivity contribution in [1.29, 1.82) is 0 Å². The zero-order chi connectivity index (χ0) is 10.7. The average molecular weight is 208 g/mol. The molecule has 2 rings (SSSR count). The van der Waals surface area contributed by atoms with Gasteiger partial charge in [-0.25, -0.2) is 4.98 Å². The van der Waals surface area contributed by atoms with Gasteiger partial charge in [0.1, 0.15) is 5.82 Å². The van der Waals surface area contributed by atoms with E-state index in [4.69, 9.17) is 4.74 Å². The number of nitrogens with one attached hydrogen (secondary N) is 1. The standard InChI is InChI=1S/C11H16N2O2/c1-15-9-4-2-8(3-5-9)11-12-7-6-10(14)13-11/h6-9H,2-5H2,1H3,(H,12,13,14). The zero-order valence-electron chi connectivity index (χ0n) is 8.90. The molecule has 0 aromatic carbocycles. The highest BCUT2D eigenvalue weighted by Crippen LogP contribution is 2.31. The first-order valence-electron chi connectivity index (χ1n) is 5.37. The van der Waals surface area contributed by atoms with Crippen LogP contribution in [0.2, 0.25) is 0 Å². The van der Waals surface area contributed by atoms with E-state index in [1.807, 2.05) is 0 Å². The second kappa shape index (κ2) is 4.57. The summed E-state index contributed by atoms with van der Waals surface area (Å²) in [5.41, 5.74) is -0.0612. The molecule has 0 saturated heterocycles. The van der Waals surface area contributed by atoms with Gasteiger partial charge in [-0.05, 0) is 25.7 Å². The topological polar surface area (TPSA) is 55.0 Å². The maximum absolute atomic E-state index is 11.1. The van der Waals surface area contributed by atoms with Gasteiger partial charge in [0.05, 0.1) is 6.10 Å². The van der Waals surface area contributed by atoms with Crippen LogP contribution in [0.15, 0.2) is 17.1 Å². The Morgan fingerprint density at radius 2 is 2.13 bits per heavy atom. The molecule has 0 unspecified atom stereocenters. The Hall–Kier alpha value is -1.16. The fourth-order valence-corrected chi connectivity index (χ4v) is 2.16. The first kappa shape index (κ1) is 10.4. The largest absolute Gasteiger partial charge is 0.381 e. The minimum atomic E-state index is -0.0612. The Balaban J connectivity index is 2.04. The molecule has 1 aliphatic rings. The molecule has 1 heterocycles. The van der Waals surface area contributed by atoms with Gasteiger partial charge in [-0.15, -0.1) is 0 Å². The summed E-state index contributed by atoms with van der Waals surface area (Å²) in [6.45, 7) is 0. The normalized spacial score (nSPS) is 26.5. The fourth-order valence-electron chi connectivity index (χ4n) is 2.16. The first-order valence-corrected chi connectivity index (χ1v) is 5.37. The monoisotopic (exact) mass is 208 g/mol. The summed E-state index contributed by atoms with van der Waals surface area (Å²) in [6.07, 6.45) is 6.17. The number of H-pyrrole nitrogens is 1. The van der Waals surface area contributed by atoms with E-state index in [2.05, 4.69) is 9.97 Å². The van der Waals surface area contributed by atoms with Gasteiger partial charge in [-0.3, -0.25) is 4.79 Å². The van der Waals surface area contributed by atoms with E-state index in [1.165, 1.54) is 6.07 Å². The number of aromatic nitrogens is 2. The Labute approximate surface area is 88.7 Å². The number of hydrogen-bond acceptors (Lipinski definition) is 3. The lowest BCUT2D eigenvalue weighted by atomic mass is 9.87. The SMILES string of the molecule is COC1CCC(c2nccc(=O)[nH]2)CC1. The summed E-state index contributed by atoms with van der Waals surface area (Å²) < 4.78 is 5.31. The summed E-state index contributed by atoms with van der Waals surface area (Å²) in [4.78, 5) is 18.2. The molecule has 0 radical (unpaired) electrons. The molecule has 0 atom stereocenters. The average Bonchev–Trinajstić information content (AvgIpc) is 2.29. The summed E-state index contributed by atoms with van der Waals surface area (Å²) in [5.74, 6) is 1.22. The van der Waals surface area contributed by atoms with Gasteiger partial charge >= 0.3 is 0 Å². The van der Waals surface area contributed by atoms with E-state index in [9.17, 15) is 4.79 Å². The van der Waals surface area contributed by atoms with Crippen LogP contribution in [0.3, 0.4) is 0 Å². The van der Waals surface area contributed by atoms with E-state index in [-0.39, 0.29) is 5.56 Å². The van der Waals surface area contributed by atoms with Gasteiger partial charge in [0.25, 0.3) is 5.56 Å². The van der Waals surface area contributed by atoms with E-state index < -0.39 is 0 Å². The van der Waals surface area contributed by atoms with Crippen LogP contribution >= 0.6 is 0 Å². The van der Waals surface area contributed by atoms with Crippen LogP contribution in [-0.4, -0.2) is 23.2 Å². The van der Waals surface area contributed by atoms with Gasteiger partial charge in [-0.1, -0.05) is 0 Å². The highest BCUT2D eigenvalue weighted by atomic mass is 16.5. The number of methoxy groups -OCH3 is 1. The second-order valence-corrected chi connectivity index (χ2v) is 4.03. The van der Waals surface area contributed by atoms with Crippen molar-refractivity contribution in [2.45, 2.75) is 37.7 Å². The van der Waals surface area contributed by atoms with Crippen molar-refractivity contribution in [3.05, 3.63) is 28.4 Å². The van der Waals surface area contributed by atoms with E-state index >= 15 is 0 Å². The fraction of sp³-hybridized carbons (Fsp3) is 0.636. The van der Waals surface area contributed by atoms with Gasteiger partial charge < -0.3 is 9.72 Å². The summed E-state index contributed by atoms with van der Waals surface area (Å²) in [7, 11) is 1.76. The Morgan fingerprint density at radius 1 is 1.40 bits per heavy atom. The molecule has 4 heteroatoms. The Morgan fingerprint density at radius 3 is 2.73 bits per heavy atom. The maximum atomic E-state index is 11.1. The number of nitrogens with zero attached hydrogens (tertiary/aromatic N) is 1. The van der Waals surface area contributed by atoms with Crippen molar-refractivity contribution < 1.29 is 4.74 Å². The van der Waals surface area contributed by atoms with Crippen LogP contribution in [-0.2, 0) is 4.74 Å². The summed E-state index contributed by atoms with van der Waals surface area (Å²) in [5, 5.41) is 0. The first-order chi connectivity index (χ1) is 7.29. The third-order valence-electron chi connectivity index (χ3n) is 3.09. The van der Waals surface area contributed by atoms with Crippen molar-refractivity contribution >= 4 is 0 Å². The molecule has 4 nitrogen and oxygen atoms in total. The van der Waals surface area contributed by atoms with Crippen LogP contribution in [0.1, 0.15) is 37.4 Å². The van der Waals surface area contributed by atoms with Crippen LogP contribution in [0, 0.1) is 0 Å². The van der Waals surface area contributed by atoms with Crippen LogP contribution in [0.4, 0.5) is 0 Å². The van der Waals surface area contributed by atoms with Crippen molar-refractivity contribution in [3.63, 3.8) is 0 Å². The molecule has 0 aliphatic heterocycles. The molecule has 0 amide bonds. The molecule has 1 fully saturated rings. The van der Waals surface area contributed by atoms with Crippen molar-refractivity contribution in [2.75, 3.05) is 7.11 Å². The highest BCUT2D eigenvalue weighted by molar-refractivity contribution is 4.99. The van der Waals surface area contributed by atoms with E-state index in [0.717, 1.165) is 31.5 Å². The predicted octanol–water partition coefficient (Wildman–Crippen LogP) is 1.44. The van der Waals surface area contributed by atoms with Crippen molar-refractivity contribution in [2.24, 2.45) is 0 Å². The number of hydrogen-bond donors (Lipinski definition) is 1. The molecule has 0 spiro atoms. The van der Waals surface area contributed by atoms with Gasteiger partial charge in [0.2, 0.25) is 0 Å². The van der Waals surface area contributed by atoms with Crippen LogP contribution in [0.25, 0.3) is 0 Å². The van der Waals surface area contributed by atoms with E-state index in [0.29, 0.717) is 12.0 Å². The smallest absolute Gasteiger partial charge is 0.250 e. The lowest BCUT2D eigenvalue weighted by Gasteiger charge is -2.26. The molecule has 1 aromatic rings. The van der Waals surface area contributed by atoms with Gasteiger partial charge in [-0.2, -0.15) is 0 Å². The van der Waals surface area contributed by atoms with Crippen molar-refractivity contribution in [3.8, 4) is 0 Å². The third kappa shape index (κ3) is 2.45. The zero-order valence-corrected chi connectivity index (χ0v) is 8.90. The highest BCUT2D eigenvalue weighted by Gasteiger charge is 2.23. The maximum Gasteiger partial charge on any atom is 0.250 e. The van der Waals surface area contributed by atoms with Crippen molar-refractivity contribution in [1.82, 2.24) is 9.97 Å². The number of ether oxygens (including phenoxy) is 1. The van der Waals surface area contributed by atoms with Gasteiger partial charge in [0.15, 0.2) is 0 Å². The molecule has 15 heavy (non-hydrogen) atoms. The predicted molar refractivity (Wildman–Crippen MR) is 56.9 cm³/mol. The third-order valence-corrected chi connectivity index (χ3v) is 3.09. The Kier molecular flexibility index (Phi) is 3.16. The number of rotatable bonds is 2. The minimum absolute atomic E-state index is 0.0612. The second-order valence-electron chi connectivity index (χ2n) is 4.03.